The molecular formula is C25H23ClN6OS. The van der Waals surface area contributed by atoms with Crippen LogP contribution in [0.4, 0.5) is 11.6 Å². The Balaban J connectivity index is 1.72. The quantitative estimate of drug-likeness (QED) is 0.152. The minimum atomic E-state index is 0.126. The second kappa shape index (κ2) is 10.4. The van der Waals surface area contributed by atoms with Crippen molar-refractivity contribution in [3.8, 4) is 5.75 Å². The molecule has 0 bridgehead atoms. The number of ether oxygens (including phenoxy) is 1. The van der Waals surface area contributed by atoms with Crippen LogP contribution in [0, 0.1) is 6.92 Å². The van der Waals surface area contributed by atoms with E-state index in [0.717, 1.165) is 26.9 Å². The van der Waals surface area contributed by atoms with Gasteiger partial charge in [0.25, 0.3) is 0 Å². The number of fused-ring (bicyclic) bond motifs is 1. The molecule has 0 aliphatic carbocycles. The molecule has 1 heterocycles. The van der Waals surface area contributed by atoms with Gasteiger partial charge in [0.05, 0.1) is 22.0 Å². The number of nitrogens with one attached hydrogen (secondary N) is 1. The van der Waals surface area contributed by atoms with Crippen molar-refractivity contribution in [2.45, 2.75) is 11.8 Å². The van der Waals surface area contributed by atoms with Crippen molar-refractivity contribution in [1.29, 1.82) is 0 Å². The van der Waals surface area contributed by atoms with Crippen molar-refractivity contribution >= 4 is 51.5 Å². The average Bonchev–Trinajstić information content (AvgIpc) is 2.83. The third-order valence-corrected chi connectivity index (χ3v) is 6.35. The Morgan fingerprint density at radius 3 is 2.65 bits per heavy atom. The zero-order valence-electron chi connectivity index (χ0n) is 18.3. The van der Waals surface area contributed by atoms with Crippen LogP contribution in [0.15, 0.2) is 89.9 Å². The summed E-state index contributed by atoms with van der Waals surface area (Å²) in [7, 11) is 0. The van der Waals surface area contributed by atoms with Gasteiger partial charge < -0.3 is 26.7 Å². The SMILES string of the molecule is Cc1ccc2c(NSc3ccccc3Cl)cccc2c1O/C(N)=C(/C=C\N)c1ccnc(N)n1. The Morgan fingerprint density at radius 2 is 1.88 bits per heavy atom. The fraction of sp³-hybridized carbons (Fsp3) is 0.0400. The number of rotatable bonds is 7. The molecule has 3 aromatic carbocycles. The molecule has 34 heavy (non-hydrogen) atoms. The summed E-state index contributed by atoms with van der Waals surface area (Å²) < 4.78 is 9.59. The predicted octanol–water partition coefficient (Wildman–Crippen LogP) is 5.47. The lowest BCUT2D eigenvalue weighted by Crippen LogP contribution is -2.11. The third-order valence-electron chi connectivity index (χ3n) is 5.01. The fourth-order valence-electron chi connectivity index (χ4n) is 3.38. The van der Waals surface area contributed by atoms with Gasteiger partial charge in [-0.3, -0.25) is 0 Å². The maximum atomic E-state index is 6.38. The first kappa shape index (κ1) is 23.3. The van der Waals surface area contributed by atoms with E-state index in [4.69, 9.17) is 33.5 Å². The van der Waals surface area contributed by atoms with Crippen LogP contribution >= 0.6 is 23.5 Å². The minimum Gasteiger partial charge on any atom is -0.440 e. The van der Waals surface area contributed by atoms with Crippen LogP contribution in [0.25, 0.3) is 16.3 Å². The van der Waals surface area contributed by atoms with Crippen LogP contribution in [-0.2, 0) is 0 Å². The number of benzene rings is 3. The van der Waals surface area contributed by atoms with Crippen LogP contribution in [0.2, 0.25) is 5.02 Å². The number of allylic oxidation sites excluding steroid dienone is 2. The normalized spacial score (nSPS) is 12.1. The topological polar surface area (TPSA) is 125 Å². The molecule has 1 aromatic heterocycles. The van der Waals surface area contributed by atoms with Gasteiger partial charge in [-0.25, -0.2) is 9.97 Å². The molecule has 0 spiro atoms. The van der Waals surface area contributed by atoms with Crippen molar-refractivity contribution < 1.29 is 4.74 Å². The summed E-state index contributed by atoms with van der Waals surface area (Å²) >= 11 is 7.74. The molecule has 0 atom stereocenters. The van der Waals surface area contributed by atoms with Crippen molar-refractivity contribution in [3.05, 3.63) is 101 Å². The first-order valence-electron chi connectivity index (χ1n) is 10.3. The molecule has 0 saturated heterocycles. The smallest absolute Gasteiger partial charge is 0.220 e. The lowest BCUT2D eigenvalue weighted by molar-refractivity contribution is 0.424. The Hall–Kier alpha value is -3.88. The second-order valence-corrected chi connectivity index (χ2v) is 8.54. The highest BCUT2D eigenvalue weighted by molar-refractivity contribution is 8.00. The van der Waals surface area contributed by atoms with Gasteiger partial charge in [-0.05, 0) is 61.0 Å². The molecule has 0 aliphatic heterocycles. The standard InChI is InChI=1S/C25H23ClN6OS/c1-15-9-10-16-17(5-4-7-21(16)32-34-22-8-3-2-6-19(22)26)23(15)33-24(28)18(11-13-27)20-12-14-30-25(29)31-20/h2-14,32H,27-28H2,1H3,(H2,29,30,31)/b13-11-,24-18-. The molecule has 172 valence electrons. The van der Waals surface area contributed by atoms with E-state index in [1.54, 1.807) is 18.3 Å². The summed E-state index contributed by atoms with van der Waals surface area (Å²) in [6.45, 7) is 1.96. The van der Waals surface area contributed by atoms with Crippen LogP contribution in [0.1, 0.15) is 11.3 Å². The molecule has 0 amide bonds. The maximum absolute atomic E-state index is 6.38. The van der Waals surface area contributed by atoms with Gasteiger partial charge in [-0.15, -0.1) is 0 Å². The molecular weight excluding hydrogens is 468 g/mol. The number of halogens is 1. The molecule has 0 fully saturated rings. The first-order valence-corrected chi connectivity index (χ1v) is 11.5. The van der Waals surface area contributed by atoms with Crippen LogP contribution in [0.3, 0.4) is 0 Å². The van der Waals surface area contributed by atoms with E-state index < -0.39 is 0 Å². The summed E-state index contributed by atoms with van der Waals surface area (Å²) in [4.78, 5) is 9.09. The van der Waals surface area contributed by atoms with Crippen molar-refractivity contribution in [1.82, 2.24) is 9.97 Å². The molecule has 4 aromatic rings. The largest absolute Gasteiger partial charge is 0.440 e. The highest BCUT2D eigenvalue weighted by Gasteiger charge is 2.14. The summed E-state index contributed by atoms with van der Waals surface area (Å²) in [5, 5.41) is 2.55. The van der Waals surface area contributed by atoms with E-state index in [2.05, 4.69) is 14.7 Å². The van der Waals surface area contributed by atoms with Crippen molar-refractivity contribution in [2.24, 2.45) is 11.5 Å². The van der Waals surface area contributed by atoms with Crippen molar-refractivity contribution in [2.75, 3.05) is 10.5 Å². The number of hydrogen-bond donors (Lipinski definition) is 4. The number of nitrogens with zero attached hydrogens (tertiary/aromatic N) is 2. The van der Waals surface area contributed by atoms with Crippen LogP contribution < -0.4 is 26.7 Å². The van der Waals surface area contributed by atoms with E-state index in [1.807, 2.05) is 61.5 Å². The highest BCUT2D eigenvalue weighted by Crippen LogP contribution is 2.37. The highest BCUT2D eigenvalue weighted by atomic mass is 35.5. The summed E-state index contributed by atoms with van der Waals surface area (Å²) in [5.41, 5.74) is 20.6. The van der Waals surface area contributed by atoms with Crippen LogP contribution in [0.5, 0.6) is 5.75 Å². The van der Waals surface area contributed by atoms with Gasteiger partial charge in [0, 0.05) is 21.9 Å². The molecule has 0 saturated carbocycles. The van der Waals surface area contributed by atoms with Gasteiger partial charge in [-0.2, -0.15) is 0 Å². The zero-order chi connectivity index (χ0) is 24.1. The van der Waals surface area contributed by atoms with Crippen molar-refractivity contribution in [3.63, 3.8) is 0 Å². The predicted molar refractivity (Wildman–Crippen MR) is 141 cm³/mol. The van der Waals surface area contributed by atoms with E-state index in [9.17, 15) is 0 Å². The Bertz CT molecular complexity index is 1410. The van der Waals surface area contributed by atoms with E-state index in [0.29, 0.717) is 22.0 Å². The van der Waals surface area contributed by atoms with Crippen LogP contribution in [-0.4, -0.2) is 9.97 Å². The Morgan fingerprint density at radius 1 is 1.06 bits per heavy atom. The molecule has 0 unspecified atom stereocenters. The number of hydrogen-bond acceptors (Lipinski definition) is 8. The second-order valence-electron chi connectivity index (χ2n) is 7.29. The fourth-order valence-corrected chi connectivity index (χ4v) is 4.34. The lowest BCUT2D eigenvalue weighted by Gasteiger charge is -2.16. The number of aromatic nitrogens is 2. The first-order chi connectivity index (χ1) is 16.5. The van der Waals surface area contributed by atoms with E-state index in [-0.39, 0.29) is 11.8 Å². The number of nitrogens with two attached hydrogens (primary N) is 3. The summed E-state index contributed by atoms with van der Waals surface area (Å²) in [5.74, 6) is 0.895. The molecule has 9 heteroatoms. The monoisotopic (exact) mass is 490 g/mol. The average molecular weight is 491 g/mol. The summed E-state index contributed by atoms with van der Waals surface area (Å²) in [6, 6.07) is 19.3. The Labute approximate surface area is 206 Å². The Kier molecular flexibility index (Phi) is 7.10. The van der Waals surface area contributed by atoms with E-state index >= 15 is 0 Å². The summed E-state index contributed by atoms with van der Waals surface area (Å²) in [6.07, 6.45) is 4.53. The van der Waals surface area contributed by atoms with Gasteiger partial charge in [0.2, 0.25) is 5.95 Å². The molecule has 0 radical (unpaired) electrons. The van der Waals surface area contributed by atoms with Gasteiger partial charge >= 0.3 is 0 Å². The maximum Gasteiger partial charge on any atom is 0.220 e. The minimum absolute atomic E-state index is 0.126. The third kappa shape index (κ3) is 5.03. The van der Waals surface area contributed by atoms with Gasteiger partial charge in [0.1, 0.15) is 5.75 Å². The number of nitrogen functional groups attached to an aromatic ring is 1. The van der Waals surface area contributed by atoms with Gasteiger partial charge in [0.15, 0.2) is 5.88 Å². The molecule has 7 nitrogen and oxygen atoms in total. The van der Waals surface area contributed by atoms with Gasteiger partial charge in [-0.1, -0.05) is 48.0 Å². The number of aryl methyl sites for hydroxylation is 1. The molecule has 7 N–H and O–H groups in total. The number of anilines is 2. The molecule has 0 aliphatic rings. The zero-order valence-corrected chi connectivity index (χ0v) is 19.9. The molecule has 4 rings (SSSR count). The lowest BCUT2D eigenvalue weighted by atomic mass is 10.0. The van der Waals surface area contributed by atoms with E-state index in [1.165, 1.54) is 18.1 Å².